The van der Waals surface area contributed by atoms with Gasteiger partial charge in [0.05, 0.1) is 5.71 Å². The molecule has 1 heterocycles. The van der Waals surface area contributed by atoms with E-state index < -0.39 is 0 Å². The topological polar surface area (TPSA) is 52.9 Å². The van der Waals surface area contributed by atoms with E-state index in [0.29, 0.717) is 11.3 Å². The third-order valence-corrected chi connectivity index (χ3v) is 6.53. The van der Waals surface area contributed by atoms with Crippen LogP contribution in [0, 0.1) is 23.2 Å². The van der Waals surface area contributed by atoms with Crippen molar-refractivity contribution in [1.29, 1.82) is 0 Å². The van der Waals surface area contributed by atoms with Crippen LogP contribution >= 0.6 is 0 Å². The van der Waals surface area contributed by atoms with Crippen LogP contribution in [0.1, 0.15) is 57.8 Å². The molecule has 0 radical (unpaired) electrons. The Balaban J connectivity index is 1.41. The molecule has 0 aromatic carbocycles. The van der Waals surface area contributed by atoms with Crippen molar-refractivity contribution in [1.82, 2.24) is 4.90 Å². The summed E-state index contributed by atoms with van der Waals surface area (Å²) in [5, 5.41) is 12.1. The van der Waals surface area contributed by atoms with Crippen molar-refractivity contribution in [3.63, 3.8) is 0 Å². The molecule has 4 bridgehead atoms. The van der Waals surface area contributed by atoms with Crippen LogP contribution in [0.4, 0.5) is 0 Å². The van der Waals surface area contributed by atoms with Crippen LogP contribution in [-0.2, 0) is 4.79 Å². The minimum Gasteiger partial charge on any atom is -0.411 e. The van der Waals surface area contributed by atoms with Crippen molar-refractivity contribution in [2.45, 2.75) is 57.8 Å². The molecule has 0 aromatic heterocycles. The molecule has 5 rings (SSSR count). The number of oxime groups is 1. The lowest BCUT2D eigenvalue weighted by atomic mass is 9.49. The van der Waals surface area contributed by atoms with Gasteiger partial charge < -0.3 is 10.1 Å². The summed E-state index contributed by atoms with van der Waals surface area (Å²) in [5.41, 5.74) is 1.19. The average molecular weight is 290 g/mol. The largest absolute Gasteiger partial charge is 0.411 e. The van der Waals surface area contributed by atoms with Crippen molar-refractivity contribution in [2.24, 2.45) is 28.3 Å². The number of piperidine rings is 1. The number of hydrogen-bond donors (Lipinski definition) is 1. The summed E-state index contributed by atoms with van der Waals surface area (Å²) in [4.78, 5) is 14.7. The van der Waals surface area contributed by atoms with E-state index in [-0.39, 0.29) is 0 Å². The van der Waals surface area contributed by atoms with Crippen molar-refractivity contribution in [2.75, 3.05) is 13.1 Å². The highest BCUT2D eigenvalue weighted by Crippen LogP contribution is 2.61. The van der Waals surface area contributed by atoms with E-state index in [1.54, 1.807) is 0 Å². The molecule has 0 aromatic rings. The minimum atomic E-state index is 0.344. The molecule has 1 aliphatic heterocycles. The summed E-state index contributed by atoms with van der Waals surface area (Å²) >= 11 is 0. The van der Waals surface area contributed by atoms with Crippen molar-refractivity contribution >= 4 is 11.6 Å². The van der Waals surface area contributed by atoms with Gasteiger partial charge in [-0.25, -0.2) is 0 Å². The van der Waals surface area contributed by atoms with E-state index in [4.69, 9.17) is 5.21 Å². The molecule has 0 atom stereocenters. The molecule has 116 valence electrons. The number of carbonyl (C=O) groups is 1. The van der Waals surface area contributed by atoms with Crippen molar-refractivity contribution in [3.8, 4) is 0 Å². The molecule has 21 heavy (non-hydrogen) atoms. The van der Waals surface area contributed by atoms with Crippen LogP contribution in [0.25, 0.3) is 0 Å². The Morgan fingerprint density at radius 1 is 1.10 bits per heavy atom. The van der Waals surface area contributed by atoms with Gasteiger partial charge in [0.25, 0.3) is 0 Å². The van der Waals surface area contributed by atoms with Gasteiger partial charge in [0, 0.05) is 32.4 Å². The maximum Gasteiger partial charge on any atom is 0.223 e. The average Bonchev–Trinajstić information content (AvgIpc) is 2.45. The predicted molar refractivity (Wildman–Crippen MR) is 80.3 cm³/mol. The van der Waals surface area contributed by atoms with Crippen molar-refractivity contribution in [3.05, 3.63) is 0 Å². The van der Waals surface area contributed by atoms with Crippen LogP contribution in [0.3, 0.4) is 0 Å². The Morgan fingerprint density at radius 2 is 1.62 bits per heavy atom. The number of rotatable bonds is 2. The maximum atomic E-state index is 12.7. The molecule has 4 heteroatoms. The standard InChI is InChI=1S/C17H26N2O2/c20-16(19-3-1-15(18-21)2-4-19)11-17-8-12-5-13(9-17)7-14(6-12)10-17/h12-14,21H,1-11H2. The molecule has 4 aliphatic carbocycles. The van der Waals surface area contributed by atoms with Crippen LogP contribution in [0.5, 0.6) is 0 Å². The lowest BCUT2D eigenvalue weighted by Gasteiger charge is -2.57. The molecule has 0 unspecified atom stereocenters. The Labute approximate surface area is 126 Å². The van der Waals surface area contributed by atoms with Gasteiger partial charge in [0.1, 0.15) is 0 Å². The molecule has 1 saturated heterocycles. The lowest BCUT2D eigenvalue weighted by Crippen LogP contribution is -2.49. The van der Waals surface area contributed by atoms with Crippen LogP contribution in [0.15, 0.2) is 5.16 Å². The Morgan fingerprint density at radius 3 is 2.10 bits per heavy atom. The summed E-state index contributed by atoms with van der Waals surface area (Å²) in [6, 6.07) is 0. The van der Waals surface area contributed by atoms with Gasteiger partial charge in [-0.2, -0.15) is 0 Å². The van der Waals surface area contributed by atoms with Gasteiger partial charge in [-0.15, -0.1) is 0 Å². The van der Waals surface area contributed by atoms with Gasteiger partial charge in [0.2, 0.25) is 5.91 Å². The Hall–Kier alpha value is -1.06. The van der Waals surface area contributed by atoms with E-state index in [0.717, 1.165) is 55.8 Å². The van der Waals surface area contributed by atoms with Gasteiger partial charge in [-0.05, 0) is 61.7 Å². The van der Waals surface area contributed by atoms with Gasteiger partial charge in [-0.1, -0.05) is 5.16 Å². The highest BCUT2D eigenvalue weighted by atomic mass is 16.4. The molecule has 4 saturated carbocycles. The Bertz CT molecular complexity index is 426. The lowest BCUT2D eigenvalue weighted by molar-refractivity contribution is -0.139. The highest BCUT2D eigenvalue weighted by Gasteiger charge is 2.51. The third kappa shape index (κ3) is 2.47. The van der Waals surface area contributed by atoms with E-state index >= 15 is 0 Å². The summed E-state index contributed by atoms with van der Waals surface area (Å²) in [6.07, 6.45) is 10.5. The monoisotopic (exact) mass is 290 g/mol. The molecule has 0 spiro atoms. The zero-order chi connectivity index (χ0) is 14.4. The predicted octanol–water partition coefficient (Wildman–Crippen LogP) is 3.05. The summed E-state index contributed by atoms with van der Waals surface area (Å²) in [6.45, 7) is 1.48. The summed E-state index contributed by atoms with van der Waals surface area (Å²) in [5.74, 6) is 3.10. The highest BCUT2D eigenvalue weighted by molar-refractivity contribution is 5.87. The number of amides is 1. The molecular formula is C17H26N2O2. The molecule has 5 aliphatic rings. The SMILES string of the molecule is O=C(CC12CC3CC(CC(C3)C1)C2)N1CCC(=NO)CC1. The molecule has 1 N–H and O–H groups in total. The van der Waals surface area contributed by atoms with E-state index in [1.807, 2.05) is 4.90 Å². The van der Waals surface area contributed by atoms with Crippen molar-refractivity contribution < 1.29 is 10.0 Å². The first-order chi connectivity index (χ1) is 10.2. The smallest absolute Gasteiger partial charge is 0.223 e. The maximum absolute atomic E-state index is 12.7. The van der Waals surface area contributed by atoms with Gasteiger partial charge >= 0.3 is 0 Å². The zero-order valence-electron chi connectivity index (χ0n) is 12.8. The van der Waals surface area contributed by atoms with E-state index in [2.05, 4.69) is 5.16 Å². The van der Waals surface area contributed by atoms with Crippen LogP contribution in [-0.4, -0.2) is 34.8 Å². The zero-order valence-corrected chi connectivity index (χ0v) is 12.8. The number of hydrogen-bond acceptors (Lipinski definition) is 3. The fourth-order valence-electron chi connectivity index (χ4n) is 6.05. The van der Waals surface area contributed by atoms with Crippen LogP contribution < -0.4 is 0 Å². The van der Waals surface area contributed by atoms with E-state index in [1.165, 1.54) is 38.5 Å². The fourth-order valence-corrected chi connectivity index (χ4v) is 6.05. The fraction of sp³-hybridized carbons (Fsp3) is 0.882. The Kier molecular flexibility index (Phi) is 3.23. The number of carbonyl (C=O) groups excluding carboxylic acids is 1. The van der Waals surface area contributed by atoms with Crippen LogP contribution in [0.2, 0.25) is 0 Å². The summed E-state index contributed by atoms with van der Waals surface area (Å²) < 4.78 is 0. The van der Waals surface area contributed by atoms with Gasteiger partial charge in [-0.3, -0.25) is 4.79 Å². The molecule has 4 nitrogen and oxygen atoms in total. The first kappa shape index (κ1) is 13.6. The molecule has 5 fully saturated rings. The quantitative estimate of drug-likeness (QED) is 0.628. The number of nitrogens with zero attached hydrogens (tertiary/aromatic N) is 2. The second-order valence-corrected chi connectivity index (χ2v) is 8.14. The third-order valence-electron chi connectivity index (χ3n) is 6.53. The normalized spacial score (nSPS) is 41.4. The molecule has 1 amide bonds. The second-order valence-electron chi connectivity index (χ2n) is 8.14. The minimum absolute atomic E-state index is 0.344. The number of likely N-dealkylation sites (tertiary alicyclic amines) is 1. The van der Waals surface area contributed by atoms with Gasteiger partial charge in [0.15, 0.2) is 0 Å². The van der Waals surface area contributed by atoms with E-state index in [9.17, 15) is 4.79 Å². The first-order valence-electron chi connectivity index (χ1n) is 8.63. The summed E-state index contributed by atoms with van der Waals surface area (Å²) in [7, 11) is 0. The molecular weight excluding hydrogens is 264 g/mol. The first-order valence-corrected chi connectivity index (χ1v) is 8.63. The second kappa shape index (κ2) is 4.99.